The number of carbonyl (C=O) groups excluding carboxylic acids is 5. The highest BCUT2D eigenvalue weighted by Crippen LogP contribution is 2.45. The van der Waals surface area contributed by atoms with Crippen molar-refractivity contribution in [2.24, 2.45) is 0 Å². The summed E-state index contributed by atoms with van der Waals surface area (Å²) in [5, 5.41) is 18.5. The summed E-state index contributed by atoms with van der Waals surface area (Å²) in [5.41, 5.74) is 6.83. The minimum atomic E-state index is -0.865. The largest absolute Gasteiger partial charge is 0.504 e. The number of aromatic hydroxyl groups is 1. The minimum absolute atomic E-state index is 0.00831. The zero-order valence-corrected chi connectivity index (χ0v) is 44.3. The second kappa shape index (κ2) is 24.6. The monoisotopic (exact) mass is 1070 g/mol. The summed E-state index contributed by atoms with van der Waals surface area (Å²) >= 11 is 3.19. The highest BCUT2D eigenvalue weighted by atomic mass is 32.1. The molecule has 3 aromatic carbocycles. The van der Waals surface area contributed by atoms with Gasteiger partial charge in [-0.25, -0.2) is 19.4 Å². The normalized spacial score (nSPS) is 18.6. The van der Waals surface area contributed by atoms with Gasteiger partial charge in [-0.1, -0.05) is 61.7 Å². The van der Waals surface area contributed by atoms with Crippen molar-refractivity contribution in [1.82, 2.24) is 9.80 Å². The number of thiophene rings is 2. The molecule has 0 aliphatic carbocycles. The zero-order valence-electron chi connectivity index (χ0n) is 42.6. The Labute approximate surface area is 448 Å². The van der Waals surface area contributed by atoms with Gasteiger partial charge in [0, 0.05) is 39.4 Å². The van der Waals surface area contributed by atoms with E-state index >= 15 is 0 Å². The van der Waals surface area contributed by atoms with Crippen molar-refractivity contribution in [2.45, 2.75) is 50.4 Å². The Balaban J connectivity index is 0.000000212. The van der Waals surface area contributed by atoms with Crippen LogP contribution < -0.4 is 24.0 Å². The number of rotatable bonds is 15. The van der Waals surface area contributed by atoms with E-state index in [9.17, 15) is 29.1 Å². The van der Waals surface area contributed by atoms with Gasteiger partial charge in [-0.3, -0.25) is 14.4 Å². The third-order valence-electron chi connectivity index (χ3n) is 13.2. The Kier molecular flexibility index (Phi) is 17.6. The van der Waals surface area contributed by atoms with E-state index in [1.165, 1.54) is 69.6 Å². The lowest BCUT2D eigenvalue weighted by atomic mass is 9.94. The Morgan fingerprint density at radius 2 is 1.18 bits per heavy atom. The van der Waals surface area contributed by atoms with Gasteiger partial charge < -0.3 is 52.8 Å². The predicted molar refractivity (Wildman–Crippen MR) is 287 cm³/mol. The number of benzene rings is 3. The van der Waals surface area contributed by atoms with Crippen LogP contribution in [0.25, 0.3) is 11.1 Å². The lowest BCUT2D eigenvalue weighted by Crippen LogP contribution is -2.55. The molecule has 4 aliphatic heterocycles. The molecular formula is C56H58N4O14S2. The number of esters is 1. The van der Waals surface area contributed by atoms with Crippen molar-refractivity contribution < 1.29 is 67.0 Å². The molecule has 398 valence electrons. The standard InChI is InChI=1S/C33H34N2O8S.C23H24N2O6S/c1-5-12-42-33(38)35-26-18-29(43-19-22-8-6-7-21(14-22)15-30(36)40-3)28(39-2)17-25(26)31(37)34-11-9-23(24-10-13-44-20-24)16-27(34)32(35)41-4;1-4-8-31-23(28)25-17-12-19(26)20(29-2)11-16(17)21(27)24-7-5-14(15-6-9-32-13-15)10-18(24)22(25)30-3/h5-10,13-14,17-18,20,27,32H,1,11-12,15-16,19H2,2-4H3;4-6,9,11-13,18,22,26H,1,7-8,10H2,2-3H3/t27-,32?;18-,22?/m00/s1. The van der Waals surface area contributed by atoms with Gasteiger partial charge in [-0.05, 0) is 92.0 Å². The highest BCUT2D eigenvalue weighted by Gasteiger charge is 2.47. The maximum absolute atomic E-state index is 14.1. The van der Waals surface area contributed by atoms with Crippen molar-refractivity contribution in [3.8, 4) is 23.0 Å². The molecule has 0 saturated heterocycles. The van der Waals surface area contributed by atoms with Crippen molar-refractivity contribution in [2.75, 3.05) is 71.7 Å². The average molecular weight is 1080 g/mol. The summed E-state index contributed by atoms with van der Waals surface area (Å²) in [7, 11) is 7.23. The molecule has 20 heteroatoms. The first-order chi connectivity index (χ1) is 36.9. The molecule has 2 unspecified atom stereocenters. The molecule has 2 aromatic heterocycles. The Bertz CT molecular complexity index is 3030. The summed E-state index contributed by atoms with van der Waals surface area (Å²) in [4.78, 5) is 72.3. The van der Waals surface area contributed by atoms with Gasteiger partial charge in [0.15, 0.2) is 35.5 Å². The molecular weight excluding hydrogens is 1020 g/mol. The molecule has 1 N–H and O–H groups in total. The van der Waals surface area contributed by atoms with Crippen molar-refractivity contribution >= 4 is 75.2 Å². The van der Waals surface area contributed by atoms with Crippen molar-refractivity contribution in [3.63, 3.8) is 0 Å². The molecule has 4 atom stereocenters. The highest BCUT2D eigenvalue weighted by molar-refractivity contribution is 7.08. The SMILES string of the molecule is C=CCOC(=O)N1c2cc(O)c(OC)cc2C(=O)N2CC=C(c3ccsc3)C[C@H]2C1OC.C=CCOC(=O)N1c2cc(OCc3cccc(CC(=O)OC)c3)c(OC)cc2C(=O)N2CC=C(c3ccsc3)C[C@H]2C1OC. The number of methoxy groups -OCH3 is 5. The van der Waals surface area contributed by atoms with E-state index in [-0.39, 0.29) is 78.0 Å². The fourth-order valence-electron chi connectivity index (χ4n) is 9.64. The smallest absolute Gasteiger partial charge is 0.416 e. The summed E-state index contributed by atoms with van der Waals surface area (Å²) in [5.74, 6) is -0.336. The Morgan fingerprint density at radius 1 is 0.671 bits per heavy atom. The number of ether oxygens (including phenoxy) is 8. The fourth-order valence-corrected chi connectivity index (χ4v) is 11.0. The first-order valence-electron chi connectivity index (χ1n) is 24.0. The van der Waals surface area contributed by atoms with Gasteiger partial charge in [-0.15, -0.1) is 0 Å². The molecule has 0 saturated carbocycles. The number of phenolic OH excluding ortho intramolecular Hbond substituents is 1. The first kappa shape index (κ1) is 54.4. The van der Waals surface area contributed by atoms with Crippen LogP contribution in [0.4, 0.5) is 21.0 Å². The van der Waals surface area contributed by atoms with Gasteiger partial charge in [0.25, 0.3) is 11.8 Å². The molecule has 4 amide bonds. The van der Waals surface area contributed by atoms with Gasteiger partial charge in [0.05, 0.1) is 62.3 Å². The number of amides is 4. The maximum Gasteiger partial charge on any atom is 0.416 e. The molecule has 9 rings (SSSR count). The predicted octanol–water partition coefficient (Wildman–Crippen LogP) is 9.34. The molecule has 0 radical (unpaired) electrons. The molecule has 0 spiro atoms. The van der Waals surface area contributed by atoms with E-state index < -0.39 is 36.7 Å². The van der Waals surface area contributed by atoms with Gasteiger partial charge in [-0.2, -0.15) is 22.7 Å². The number of fused-ring (bicyclic) bond motifs is 4. The van der Waals surface area contributed by atoms with Crippen molar-refractivity contribution in [3.05, 3.63) is 153 Å². The minimum Gasteiger partial charge on any atom is -0.504 e. The summed E-state index contributed by atoms with van der Waals surface area (Å²) in [6.45, 7) is 8.03. The molecule has 4 aliphatic rings. The van der Waals surface area contributed by atoms with Crippen LogP contribution in [-0.4, -0.2) is 131 Å². The van der Waals surface area contributed by atoms with Crippen LogP contribution in [0.5, 0.6) is 23.0 Å². The lowest BCUT2D eigenvalue weighted by Gasteiger charge is -2.40. The van der Waals surface area contributed by atoms with Crippen LogP contribution in [0.3, 0.4) is 0 Å². The van der Waals surface area contributed by atoms with E-state index in [0.717, 1.165) is 33.4 Å². The molecule has 5 aromatic rings. The quantitative estimate of drug-likeness (QED) is 0.0592. The first-order valence-corrected chi connectivity index (χ1v) is 25.9. The van der Waals surface area contributed by atoms with Crippen LogP contribution in [0.2, 0.25) is 0 Å². The third-order valence-corrected chi connectivity index (χ3v) is 14.6. The summed E-state index contributed by atoms with van der Waals surface area (Å²) in [6.07, 6.45) is 4.99. The number of carbonyl (C=O) groups is 5. The maximum atomic E-state index is 14.1. The number of anilines is 2. The number of hydrogen-bond acceptors (Lipinski definition) is 16. The number of nitrogens with zero attached hydrogens (tertiary/aromatic N) is 4. The van der Waals surface area contributed by atoms with E-state index in [4.69, 9.17) is 37.9 Å². The van der Waals surface area contributed by atoms with Crippen LogP contribution in [0.15, 0.2) is 120 Å². The third kappa shape index (κ3) is 11.3. The van der Waals surface area contributed by atoms with Gasteiger partial charge >= 0.3 is 18.2 Å². The van der Waals surface area contributed by atoms with Crippen LogP contribution in [0, 0.1) is 0 Å². The van der Waals surface area contributed by atoms with E-state index in [1.807, 2.05) is 59.3 Å². The van der Waals surface area contributed by atoms with Crippen LogP contribution in [-0.2, 0) is 41.5 Å². The van der Waals surface area contributed by atoms with E-state index in [1.54, 1.807) is 44.6 Å². The van der Waals surface area contributed by atoms with E-state index in [2.05, 4.69) is 23.9 Å². The Hall–Kier alpha value is -7.91. The molecule has 18 nitrogen and oxygen atoms in total. The second-order valence-electron chi connectivity index (χ2n) is 17.6. The van der Waals surface area contributed by atoms with Gasteiger partial charge in [0.2, 0.25) is 0 Å². The second-order valence-corrected chi connectivity index (χ2v) is 19.1. The molecule has 0 bridgehead atoms. The Morgan fingerprint density at radius 3 is 1.66 bits per heavy atom. The summed E-state index contributed by atoms with van der Waals surface area (Å²) < 4.78 is 44.4. The number of phenols is 1. The van der Waals surface area contributed by atoms with E-state index in [0.29, 0.717) is 37.4 Å². The lowest BCUT2D eigenvalue weighted by molar-refractivity contribution is -0.139. The van der Waals surface area contributed by atoms with Crippen LogP contribution >= 0.6 is 22.7 Å². The van der Waals surface area contributed by atoms with Crippen LogP contribution in [0.1, 0.15) is 55.8 Å². The average Bonchev–Trinajstić information content (AvgIpc) is 4.18. The topological polar surface area (TPSA) is 192 Å². The summed E-state index contributed by atoms with van der Waals surface area (Å²) in [6, 6.07) is 16.5. The van der Waals surface area contributed by atoms with Crippen molar-refractivity contribution in [1.29, 1.82) is 0 Å². The molecule has 6 heterocycles. The molecule has 76 heavy (non-hydrogen) atoms. The molecule has 0 fully saturated rings. The van der Waals surface area contributed by atoms with Gasteiger partial charge in [0.1, 0.15) is 19.8 Å². The number of hydrogen-bond donors (Lipinski definition) is 1. The fraction of sp³-hybridized carbons (Fsp3) is 0.304. The zero-order chi connectivity index (χ0) is 54.0.